The first kappa shape index (κ1) is 5.43. The summed E-state index contributed by atoms with van der Waals surface area (Å²) in [6, 6.07) is 0. The van der Waals surface area contributed by atoms with Gasteiger partial charge < -0.3 is 0 Å². The van der Waals surface area contributed by atoms with E-state index in [1.165, 1.54) is 14.0 Å². The Kier molecular flexibility index (Phi) is 1.60. The summed E-state index contributed by atoms with van der Waals surface area (Å²) in [6.45, 7) is 1.22. The average molecular weight is 88.1 g/mol. The molecule has 0 heterocycles. The Morgan fingerprint density at radius 1 is 1.67 bits per heavy atom. The van der Waals surface area contributed by atoms with Crippen LogP contribution in [0.2, 0.25) is 0 Å². The summed E-state index contributed by atoms with van der Waals surface area (Å²) >= 11 is 0. The van der Waals surface area contributed by atoms with Gasteiger partial charge in [-0.25, -0.2) is 0 Å². The molecule has 0 atom stereocenters. The van der Waals surface area contributed by atoms with Crippen LogP contribution in [0.1, 0.15) is 6.92 Å². The van der Waals surface area contributed by atoms with E-state index in [4.69, 9.17) is 0 Å². The van der Waals surface area contributed by atoms with Crippen molar-refractivity contribution in [3.63, 3.8) is 0 Å². The van der Waals surface area contributed by atoms with Gasteiger partial charge in [0.2, 0.25) is 5.91 Å². The fourth-order valence-electron chi connectivity index (χ4n) is 0. The lowest BCUT2D eigenvalue weighted by Gasteiger charge is -1.95. The lowest BCUT2D eigenvalue weighted by Crippen LogP contribution is -2.16. The van der Waals surface area contributed by atoms with Crippen molar-refractivity contribution >= 4 is 5.91 Å². The van der Waals surface area contributed by atoms with Crippen LogP contribution in [0.3, 0.4) is 0 Å². The Morgan fingerprint density at radius 2 is 1.83 bits per heavy atom. The van der Waals surface area contributed by atoms with Crippen LogP contribution in [0.4, 0.5) is 0 Å². The lowest BCUT2D eigenvalue weighted by atomic mass is 10.7. The molecule has 3 nitrogen and oxygen atoms in total. The standard InChI is InChI=1S/C3H6NO2/c1-3(5)4(2)6/h1-2H3. The van der Waals surface area contributed by atoms with Gasteiger partial charge in [-0.15, -0.1) is 0 Å². The van der Waals surface area contributed by atoms with Crippen molar-refractivity contribution in [3.05, 3.63) is 0 Å². The zero-order valence-corrected chi connectivity index (χ0v) is 3.76. The van der Waals surface area contributed by atoms with Crippen LogP contribution in [0.15, 0.2) is 0 Å². The van der Waals surface area contributed by atoms with E-state index >= 15 is 0 Å². The SMILES string of the molecule is CC(=O)N(C)[O]. The van der Waals surface area contributed by atoms with E-state index < -0.39 is 5.91 Å². The van der Waals surface area contributed by atoms with Gasteiger partial charge in [0.05, 0.1) is 0 Å². The van der Waals surface area contributed by atoms with Gasteiger partial charge in [0, 0.05) is 14.0 Å². The highest BCUT2D eigenvalue weighted by Crippen LogP contribution is 1.70. The highest BCUT2D eigenvalue weighted by molar-refractivity contribution is 5.71. The Balaban J connectivity index is 3.26. The van der Waals surface area contributed by atoms with E-state index in [1.807, 2.05) is 0 Å². The number of hydroxylamine groups is 2. The molecule has 0 fully saturated rings. The number of amides is 1. The number of hydrogen-bond acceptors (Lipinski definition) is 1. The smallest absolute Gasteiger partial charge is 0.245 e. The maximum absolute atomic E-state index is 9.76. The van der Waals surface area contributed by atoms with Crippen LogP contribution in [-0.2, 0) is 10.0 Å². The second kappa shape index (κ2) is 1.77. The van der Waals surface area contributed by atoms with Crippen LogP contribution in [0.5, 0.6) is 0 Å². The van der Waals surface area contributed by atoms with Crippen molar-refractivity contribution in [2.75, 3.05) is 7.05 Å². The van der Waals surface area contributed by atoms with Crippen LogP contribution >= 0.6 is 0 Å². The van der Waals surface area contributed by atoms with Crippen molar-refractivity contribution in [1.29, 1.82) is 0 Å². The molecule has 0 saturated carbocycles. The molecule has 0 aromatic rings. The van der Waals surface area contributed by atoms with Gasteiger partial charge in [-0.05, 0) is 0 Å². The molecule has 6 heavy (non-hydrogen) atoms. The second-order valence-corrected chi connectivity index (χ2v) is 1.02. The monoisotopic (exact) mass is 88.0 g/mol. The predicted octanol–water partition coefficient (Wildman–Crippen LogP) is -0.190. The molecule has 0 aliphatic carbocycles. The summed E-state index contributed by atoms with van der Waals surface area (Å²) in [4.78, 5) is 9.76. The molecule has 0 spiro atoms. The number of carbonyl (C=O) groups is 1. The van der Waals surface area contributed by atoms with E-state index in [0.717, 1.165) is 0 Å². The fraction of sp³-hybridized carbons (Fsp3) is 0.667. The summed E-state index contributed by atoms with van der Waals surface area (Å²) < 4.78 is 0. The minimum absolute atomic E-state index is 0.278. The highest BCUT2D eigenvalue weighted by atomic mass is 16.5. The summed E-state index contributed by atoms with van der Waals surface area (Å²) in [7, 11) is 1.17. The van der Waals surface area contributed by atoms with Crippen molar-refractivity contribution in [1.82, 2.24) is 5.06 Å². The lowest BCUT2D eigenvalue weighted by molar-refractivity contribution is -0.175. The van der Waals surface area contributed by atoms with E-state index in [-0.39, 0.29) is 5.06 Å². The van der Waals surface area contributed by atoms with Crippen molar-refractivity contribution in [2.24, 2.45) is 0 Å². The van der Waals surface area contributed by atoms with Gasteiger partial charge in [0.25, 0.3) is 0 Å². The first-order valence-electron chi connectivity index (χ1n) is 1.56. The van der Waals surface area contributed by atoms with Gasteiger partial charge in [0.1, 0.15) is 0 Å². The molecule has 0 bridgehead atoms. The first-order valence-corrected chi connectivity index (χ1v) is 1.56. The molecule has 1 amide bonds. The molecule has 0 N–H and O–H groups in total. The van der Waals surface area contributed by atoms with Gasteiger partial charge >= 0.3 is 0 Å². The fourth-order valence-corrected chi connectivity index (χ4v) is 0. The van der Waals surface area contributed by atoms with E-state index in [0.29, 0.717) is 0 Å². The number of carbonyl (C=O) groups excluding carboxylic acids is 1. The molecule has 0 aliphatic heterocycles. The zero-order valence-electron chi connectivity index (χ0n) is 3.76. The van der Waals surface area contributed by atoms with Gasteiger partial charge in [-0.3, -0.25) is 4.79 Å². The largest absolute Gasteiger partial charge is 0.273 e. The Labute approximate surface area is 36.1 Å². The van der Waals surface area contributed by atoms with Gasteiger partial charge in [-0.2, -0.15) is 5.06 Å². The Hall–Kier alpha value is -0.570. The summed E-state index contributed by atoms with van der Waals surface area (Å²) in [5.41, 5.74) is 0. The van der Waals surface area contributed by atoms with Gasteiger partial charge in [-0.1, -0.05) is 5.21 Å². The summed E-state index contributed by atoms with van der Waals surface area (Å²) in [5.74, 6) is -0.463. The van der Waals surface area contributed by atoms with E-state index in [9.17, 15) is 10.0 Å². The minimum Gasteiger partial charge on any atom is -0.273 e. The highest BCUT2D eigenvalue weighted by Gasteiger charge is 1.92. The second-order valence-electron chi connectivity index (χ2n) is 1.02. The molecule has 0 rings (SSSR count). The van der Waals surface area contributed by atoms with Crippen molar-refractivity contribution < 1.29 is 10.0 Å². The normalized spacial score (nSPS) is 7.83. The molecular formula is C3H6NO2. The van der Waals surface area contributed by atoms with Crippen LogP contribution in [-0.4, -0.2) is 18.0 Å². The molecule has 1 radical (unpaired) electrons. The molecular weight excluding hydrogens is 82.0 g/mol. The maximum Gasteiger partial charge on any atom is 0.245 e. The maximum atomic E-state index is 9.76. The third-order valence-electron chi connectivity index (χ3n) is 0.443. The third-order valence-corrected chi connectivity index (χ3v) is 0.443. The van der Waals surface area contributed by atoms with E-state index in [2.05, 4.69) is 0 Å². The minimum atomic E-state index is -0.463. The molecule has 0 saturated heterocycles. The first-order chi connectivity index (χ1) is 2.64. The van der Waals surface area contributed by atoms with E-state index in [1.54, 1.807) is 0 Å². The average Bonchev–Trinajstić information content (AvgIpc) is 1.36. The molecule has 35 valence electrons. The van der Waals surface area contributed by atoms with Gasteiger partial charge in [0.15, 0.2) is 0 Å². The number of rotatable bonds is 0. The van der Waals surface area contributed by atoms with Crippen LogP contribution in [0.25, 0.3) is 0 Å². The molecule has 0 aromatic heterocycles. The molecule has 0 unspecified atom stereocenters. The quantitative estimate of drug-likeness (QED) is 0.378. The van der Waals surface area contributed by atoms with Crippen LogP contribution in [0, 0.1) is 0 Å². The van der Waals surface area contributed by atoms with Crippen molar-refractivity contribution in [2.45, 2.75) is 6.92 Å². The number of nitrogens with zero attached hydrogens (tertiary/aromatic N) is 1. The molecule has 0 aromatic carbocycles. The summed E-state index contributed by atoms with van der Waals surface area (Å²) in [5, 5.41) is 9.99. The number of hydrogen-bond donors (Lipinski definition) is 0. The van der Waals surface area contributed by atoms with Crippen LogP contribution < -0.4 is 0 Å². The Bertz CT molecular complexity index is 59.8. The molecule has 3 heteroatoms. The Morgan fingerprint density at radius 3 is 1.83 bits per heavy atom. The predicted molar refractivity (Wildman–Crippen MR) is 19.1 cm³/mol. The third kappa shape index (κ3) is 1.72. The van der Waals surface area contributed by atoms with Crippen molar-refractivity contribution in [3.8, 4) is 0 Å². The topological polar surface area (TPSA) is 40.2 Å². The summed E-state index contributed by atoms with van der Waals surface area (Å²) in [6.07, 6.45) is 0. The molecule has 0 aliphatic rings. The zero-order chi connectivity index (χ0) is 5.15.